The monoisotopic (exact) mass is 127 g/mol. The molecule has 0 aromatic carbocycles. The van der Waals surface area contributed by atoms with Crippen molar-refractivity contribution in [2.75, 3.05) is 5.75 Å². The van der Waals surface area contributed by atoms with Crippen LogP contribution in [-0.4, -0.2) is 12.2 Å². The molecule has 0 aliphatic carbocycles. The largest absolute Gasteiger partial charge is 0.458 e. The Kier molecular flexibility index (Phi) is 3.98. The first-order valence-electron chi connectivity index (χ1n) is 1.80. The lowest BCUT2D eigenvalue weighted by atomic mass is 10.5. The molecular formula is C3H5F2OS+. The molecule has 0 saturated carbocycles. The van der Waals surface area contributed by atoms with Crippen LogP contribution in [0.25, 0.3) is 0 Å². The van der Waals surface area contributed by atoms with Crippen LogP contribution < -0.4 is 0 Å². The summed E-state index contributed by atoms with van der Waals surface area (Å²) in [6, 6.07) is 0. The van der Waals surface area contributed by atoms with E-state index in [1.807, 2.05) is 0 Å². The average molecular weight is 127 g/mol. The Balaban J connectivity index is 2.81. The zero-order valence-corrected chi connectivity index (χ0v) is 4.38. The first-order valence-corrected chi connectivity index (χ1v) is 2.71. The highest BCUT2D eigenvalue weighted by Crippen LogP contribution is 1.96. The zero-order valence-electron chi connectivity index (χ0n) is 3.56. The summed E-state index contributed by atoms with van der Waals surface area (Å²) in [5, 5.41) is 0. The van der Waals surface area contributed by atoms with E-state index in [0.717, 1.165) is 0 Å². The molecule has 0 aromatic rings. The quantitative estimate of drug-likeness (QED) is 0.518. The van der Waals surface area contributed by atoms with E-state index in [0.29, 0.717) is 0 Å². The van der Waals surface area contributed by atoms with Crippen LogP contribution in [0.1, 0.15) is 6.42 Å². The van der Waals surface area contributed by atoms with E-state index in [4.69, 9.17) is 0 Å². The first-order chi connectivity index (χ1) is 3.27. The van der Waals surface area contributed by atoms with Crippen molar-refractivity contribution in [2.45, 2.75) is 12.8 Å². The molecule has 0 spiro atoms. The van der Waals surface area contributed by atoms with Crippen LogP contribution in [0.5, 0.6) is 0 Å². The van der Waals surface area contributed by atoms with Gasteiger partial charge in [-0.15, -0.1) is 0 Å². The van der Waals surface area contributed by atoms with Crippen LogP contribution in [0.3, 0.4) is 0 Å². The predicted molar refractivity (Wildman–Crippen MR) is 23.5 cm³/mol. The lowest BCUT2D eigenvalue weighted by Gasteiger charge is -1.81. The number of hydrogen-bond acceptors (Lipinski definition) is 1. The summed E-state index contributed by atoms with van der Waals surface area (Å²) >= 11 is 0.200. The highest BCUT2D eigenvalue weighted by molar-refractivity contribution is 7.65. The van der Waals surface area contributed by atoms with Crippen molar-refractivity contribution in [1.82, 2.24) is 0 Å². The third-order valence-electron chi connectivity index (χ3n) is 0.419. The number of rotatable bonds is 3. The van der Waals surface area contributed by atoms with Crippen LogP contribution >= 0.6 is 0 Å². The highest BCUT2D eigenvalue weighted by Gasteiger charge is 2.06. The topological polar surface area (TPSA) is 17.1 Å². The minimum Gasteiger partial charge on any atom is -0.210 e. The summed E-state index contributed by atoms with van der Waals surface area (Å²) < 4.78 is 31.6. The van der Waals surface area contributed by atoms with Crippen molar-refractivity contribution < 1.29 is 13.0 Å². The number of alkyl halides is 2. The molecule has 0 atom stereocenters. The molecule has 0 N–H and O–H groups in total. The summed E-state index contributed by atoms with van der Waals surface area (Å²) in [4.78, 5) is 0. The van der Waals surface area contributed by atoms with Gasteiger partial charge in [0, 0.05) is 4.21 Å². The summed E-state index contributed by atoms with van der Waals surface area (Å²) in [5.74, 6) is 0.0116. The molecule has 0 fully saturated rings. The molecule has 0 bridgehead atoms. The molecule has 0 saturated heterocycles. The van der Waals surface area contributed by atoms with Crippen LogP contribution in [0.2, 0.25) is 0 Å². The predicted octanol–water partition coefficient (Wildman–Crippen LogP) is 1.07. The Morgan fingerprint density at radius 2 is 2.14 bits per heavy atom. The van der Waals surface area contributed by atoms with Gasteiger partial charge in [-0.1, -0.05) is 0 Å². The smallest absolute Gasteiger partial charge is 0.210 e. The van der Waals surface area contributed by atoms with E-state index in [9.17, 15) is 13.0 Å². The molecule has 0 aliphatic heterocycles. The van der Waals surface area contributed by atoms with Gasteiger partial charge in [-0.05, 0) is 0 Å². The van der Waals surface area contributed by atoms with Crippen LogP contribution in [-0.2, 0) is 15.9 Å². The van der Waals surface area contributed by atoms with Gasteiger partial charge in [0.25, 0.3) is 0 Å². The van der Waals surface area contributed by atoms with E-state index < -0.39 is 6.43 Å². The highest BCUT2D eigenvalue weighted by atomic mass is 32.1. The van der Waals surface area contributed by atoms with E-state index in [1.54, 1.807) is 0 Å². The minimum absolute atomic E-state index is 0.0116. The van der Waals surface area contributed by atoms with Crippen LogP contribution in [0.15, 0.2) is 0 Å². The third kappa shape index (κ3) is 5.88. The fraction of sp³-hybridized carbons (Fsp3) is 1.00. The Morgan fingerprint density at radius 3 is 2.29 bits per heavy atom. The van der Waals surface area contributed by atoms with E-state index >= 15 is 0 Å². The average Bonchev–Trinajstić information content (AvgIpc) is 1.61. The van der Waals surface area contributed by atoms with Gasteiger partial charge >= 0.3 is 11.7 Å². The lowest BCUT2D eigenvalue weighted by molar-refractivity contribution is 0.145. The molecule has 0 aromatic heterocycles. The van der Waals surface area contributed by atoms with Crippen LogP contribution in [0, 0.1) is 0 Å². The molecule has 42 valence electrons. The van der Waals surface area contributed by atoms with Crippen LogP contribution in [0.4, 0.5) is 8.78 Å². The molecule has 0 aliphatic rings. The van der Waals surface area contributed by atoms with Gasteiger partial charge in [-0.2, -0.15) is 0 Å². The minimum atomic E-state index is -2.32. The normalized spacial score (nSPS) is 9.57. The fourth-order valence-corrected chi connectivity index (χ4v) is 0.412. The van der Waals surface area contributed by atoms with Crippen molar-refractivity contribution in [3.05, 3.63) is 0 Å². The van der Waals surface area contributed by atoms with Crippen molar-refractivity contribution in [2.24, 2.45) is 0 Å². The lowest BCUT2D eigenvalue weighted by Crippen LogP contribution is -1.92. The number of halogens is 2. The van der Waals surface area contributed by atoms with E-state index in [2.05, 4.69) is 0 Å². The van der Waals surface area contributed by atoms with Gasteiger partial charge in [-0.25, -0.2) is 8.78 Å². The van der Waals surface area contributed by atoms with Gasteiger partial charge in [-0.3, -0.25) is 0 Å². The molecule has 0 rings (SSSR count). The van der Waals surface area contributed by atoms with Crippen molar-refractivity contribution in [3.8, 4) is 0 Å². The maximum Gasteiger partial charge on any atom is 0.458 e. The molecule has 1 nitrogen and oxygen atoms in total. The molecule has 0 amide bonds. The van der Waals surface area contributed by atoms with E-state index in [1.165, 1.54) is 0 Å². The second-order valence-corrected chi connectivity index (χ2v) is 1.65. The Labute approximate surface area is 44.2 Å². The first kappa shape index (κ1) is 6.88. The fourth-order valence-electron chi connectivity index (χ4n) is 0.137. The summed E-state index contributed by atoms with van der Waals surface area (Å²) in [5.41, 5.74) is 0. The molecule has 7 heavy (non-hydrogen) atoms. The van der Waals surface area contributed by atoms with Gasteiger partial charge in [0.1, 0.15) is 0 Å². The molecule has 0 heterocycles. The van der Waals surface area contributed by atoms with Gasteiger partial charge in [0.2, 0.25) is 12.2 Å². The maximum atomic E-state index is 11.1. The second-order valence-electron chi connectivity index (χ2n) is 1.00. The Hall–Kier alpha value is -0.120. The van der Waals surface area contributed by atoms with Crippen molar-refractivity contribution in [3.63, 3.8) is 0 Å². The molecule has 4 heteroatoms. The summed E-state index contributed by atoms with van der Waals surface area (Å²) in [6.07, 6.45) is -2.60. The van der Waals surface area contributed by atoms with E-state index in [-0.39, 0.29) is 23.8 Å². The van der Waals surface area contributed by atoms with Gasteiger partial charge < -0.3 is 0 Å². The molecule has 0 radical (unpaired) electrons. The van der Waals surface area contributed by atoms with Gasteiger partial charge in [0.15, 0.2) is 0 Å². The molecule has 0 unspecified atom stereocenters. The summed E-state index contributed by atoms with van der Waals surface area (Å²) in [7, 11) is 0. The number of hydrogen-bond donors (Lipinski definition) is 0. The Morgan fingerprint density at radius 1 is 1.57 bits per heavy atom. The zero-order chi connectivity index (χ0) is 5.70. The second kappa shape index (κ2) is 4.05. The molecular weight excluding hydrogens is 122 g/mol. The summed E-state index contributed by atoms with van der Waals surface area (Å²) in [6.45, 7) is 0. The third-order valence-corrected chi connectivity index (χ3v) is 0.822. The van der Waals surface area contributed by atoms with Crippen molar-refractivity contribution >= 4 is 11.7 Å². The SMILES string of the molecule is O=[S+]CCC(F)F. The van der Waals surface area contributed by atoms with Crippen molar-refractivity contribution in [1.29, 1.82) is 0 Å². The van der Waals surface area contributed by atoms with Gasteiger partial charge in [0.05, 0.1) is 6.42 Å². The Bertz CT molecular complexity index is 56.9. The standard InChI is InChI=1S/C3H5F2OS/c4-3(5)1-2-7-6/h3H,1-2H2/q+1. The maximum absolute atomic E-state index is 11.1.